The summed E-state index contributed by atoms with van der Waals surface area (Å²) in [4.78, 5) is 31.6. The molecule has 1 aliphatic carbocycles. The molecule has 1 aromatic heterocycles. The molecule has 0 aliphatic heterocycles. The number of thioether (sulfide) groups is 1. The Bertz CT molecular complexity index is 1230. The van der Waals surface area contributed by atoms with Crippen molar-refractivity contribution in [3.05, 3.63) is 88.6 Å². The lowest BCUT2D eigenvalue weighted by Gasteiger charge is -2.33. The third-order valence-electron chi connectivity index (χ3n) is 6.10. The number of ketones is 1. The SMILES string of the molecule is CCSc1ccc(CC(=O)Nc2ccc3c(n2)CCC(C)(c2ccc(C#N)cc2)C3=O)cc1. The number of hydrogen-bond acceptors (Lipinski definition) is 5. The number of nitrogens with one attached hydrogen (secondary N) is 1. The van der Waals surface area contributed by atoms with E-state index in [1.165, 1.54) is 4.90 Å². The number of benzene rings is 2. The van der Waals surface area contributed by atoms with Gasteiger partial charge in [0, 0.05) is 10.5 Å². The summed E-state index contributed by atoms with van der Waals surface area (Å²) in [6.45, 7) is 4.05. The molecule has 1 atom stereocenters. The smallest absolute Gasteiger partial charge is 0.229 e. The van der Waals surface area contributed by atoms with Crippen LogP contribution >= 0.6 is 11.8 Å². The Hall–Kier alpha value is -3.43. The molecule has 1 unspecified atom stereocenters. The summed E-state index contributed by atoms with van der Waals surface area (Å²) in [6.07, 6.45) is 1.53. The molecule has 33 heavy (non-hydrogen) atoms. The highest BCUT2D eigenvalue weighted by molar-refractivity contribution is 7.99. The van der Waals surface area contributed by atoms with Crippen molar-refractivity contribution in [2.45, 2.75) is 43.4 Å². The number of amides is 1. The zero-order valence-electron chi connectivity index (χ0n) is 18.7. The van der Waals surface area contributed by atoms with Crippen LogP contribution in [0, 0.1) is 11.3 Å². The Morgan fingerprint density at radius 2 is 1.85 bits per heavy atom. The lowest BCUT2D eigenvalue weighted by atomic mass is 9.69. The van der Waals surface area contributed by atoms with Crippen LogP contribution in [0.25, 0.3) is 0 Å². The average molecular weight is 456 g/mol. The summed E-state index contributed by atoms with van der Waals surface area (Å²) in [5.74, 6) is 1.36. The zero-order chi connectivity index (χ0) is 23.4. The van der Waals surface area contributed by atoms with Crippen LogP contribution in [-0.4, -0.2) is 22.4 Å². The number of anilines is 1. The molecule has 0 saturated heterocycles. The second kappa shape index (κ2) is 9.60. The Morgan fingerprint density at radius 3 is 2.52 bits per heavy atom. The summed E-state index contributed by atoms with van der Waals surface area (Å²) in [6, 6.07) is 20.8. The van der Waals surface area contributed by atoms with E-state index in [9.17, 15) is 9.59 Å². The predicted octanol–water partition coefficient (Wildman–Crippen LogP) is 5.33. The van der Waals surface area contributed by atoms with Gasteiger partial charge in [0.15, 0.2) is 5.78 Å². The molecular formula is C27H25N3O2S. The van der Waals surface area contributed by atoms with E-state index in [-0.39, 0.29) is 18.1 Å². The fourth-order valence-electron chi connectivity index (χ4n) is 4.18. The molecule has 0 fully saturated rings. The Labute approximate surface area is 198 Å². The van der Waals surface area contributed by atoms with Crippen LogP contribution in [0.5, 0.6) is 0 Å². The van der Waals surface area contributed by atoms with Crippen molar-refractivity contribution in [1.29, 1.82) is 5.26 Å². The van der Waals surface area contributed by atoms with E-state index in [1.807, 2.05) is 43.3 Å². The van der Waals surface area contributed by atoms with Crippen molar-refractivity contribution in [1.82, 2.24) is 4.98 Å². The van der Waals surface area contributed by atoms with Gasteiger partial charge in [-0.2, -0.15) is 5.26 Å². The molecule has 6 heteroatoms. The van der Waals surface area contributed by atoms with Gasteiger partial charge in [-0.15, -0.1) is 11.8 Å². The van der Waals surface area contributed by atoms with E-state index in [1.54, 1.807) is 36.0 Å². The molecule has 3 aromatic rings. The molecule has 4 rings (SSSR count). The minimum absolute atomic E-state index is 0.0175. The number of pyridine rings is 1. The number of fused-ring (bicyclic) bond motifs is 1. The molecule has 0 radical (unpaired) electrons. The third kappa shape index (κ3) is 4.84. The topological polar surface area (TPSA) is 82.8 Å². The fraction of sp³-hybridized carbons (Fsp3) is 0.259. The summed E-state index contributed by atoms with van der Waals surface area (Å²) in [7, 11) is 0. The van der Waals surface area contributed by atoms with Gasteiger partial charge in [-0.1, -0.05) is 31.2 Å². The predicted molar refractivity (Wildman–Crippen MR) is 131 cm³/mol. The average Bonchev–Trinajstić information content (AvgIpc) is 2.83. The maximum absolute atomic E-state index is 13.3. The molecule has 5 nitrogen and oxygen atoms in total. The van der Waals surface area contributed by atoms with Crippen molar-refractivity contribution in [3.8, 4) is 6.07 Å². The molecule has 1 aliphatic rings. The van der Waals surface area contributed by atoms with Crippen molar-refractivity contribution in [3.63, 3.8) is 0 Å². The number of nitrogens with zero attached hydrogens (tertiary/aromatic N) is 2. The Morgan fingerprint density at radius 1 is 1.12 bits per heavy atom. The quantitative estimate of drug-likeness (QED) is 0.508. The highest BCUT2D eigenvalue weighted by Crippen LogP contribution is 2.38. The van der Waals surface area contributed by atoms with Crippen molar-refractivity contribution >= 4 is 29.3 Å². The number of aryl methyl sites for hydroxylation is 1. The number of Topliss-reactive ketones (excluding diaryl/α,β-unsaturated/α-hetero) is 1. The van der Waals surface area contributed by atoms with E-state index in [4.69, 9.17) is 5.26 Å². The van der Waals surface area contributed by atoms with E-state index >= 15 is 0 Å². The molecule has 1 amide bonds. The molecule has 166 valence electrons. The van der Waals surface area contributed by atoms with Crippen LogP contribution < -0.4 is 5.32 Å². The van der Waals surface area contributed by atoms with Crippen LogP contribution in [0.3, 0.4) is 0 Å². The van der Waals surface area contributed by atoms with Crippen LogP contribution in [0.2, 0.25) is 0 Å². The van der Waals surface area contributed by atoms with Crippen LogP contribution in [0.15, 0.2) is 65.6 Å². The highest BCUT2D eigenvalue weighted by Gasteiger charge is 2.40. The first-order valence-corrected chi connectivity index (χ1v) is 12.0. The molecule has 1 heterocycles. The van der Waals surface area contributed by atoms with Crippen molar-refractivity contribution in [2.75, 3.05) is 11.1 Å². The first-order valence-electron chi connectivity index (χ1n) is 11.0. The first kappa shape index (κ1) is 22.8. The van der Waals surface area contributed by atoms with Crippen LogP contribution in [0.4, 0.5) is 5.82 Å². The summed E-state index contributed by atoms with van der Waals surface area (Å²) in [5, 5.41) is 11.9. The van der Waals surface area contributed by atoms with Gasteiger partial charge >= 0.3 is 0 Å². The normalized spacial score (nSPS) is 17.2. The molecule has 0 bridgehead atoms. The maximum Gasteiger partial charge on any atom is 0.229 e. The lowest BCUT2D eigenvalue weighted by Crippen LogP contribution is -2.38. The number of carbonyl (C=O) groups is 2. The minimum atomic E-state index is -0.657. The second-order valence-electron chi connectivity index (χ2n) is 8.34. The van der Waals surface area contributed by atoms with Crippen molar-refractivity contribution < 1.29 is 9.59 Å². The molecular weight excluding hydrogens is 430 g/mol. The van der Waals surface area contributed by atoms with Gasteiger partial charge in [-0.05, 0) is 73.0 Å². The molecule has 0 spiro atoms. The highest BCUT2D eigenvalue weighted by atomic mass is 32.2. The van der Waals surface area contributed by atoms with Gasteiger partial charge in [0.1, 0.15) is 5.82 Å². The molecule has 0 saturated carbocycles. The van der Waals surface area contributed by atoms with E-state index < -0.39 is 5.41 Å². The van der Waals surface area contributed by atoms with E-state index in [0.29, 0.717) is 35.5 Å². The zero-order valence-corrected chi connectivity index (χ0v) is 19.5. The maximum atomic E-state index is 13.3. The van der Waals surface area contributed by atoms with Crippen molar-refractivity contribution in [2.24, 2.45) is 0 Å². The second-order valence-corrected chi connectivity index (χ2v) is 9.68. The van der Waals surface area contributed by atoms with Gasteiger partial charge in [-0.3, -0.25) is 9.59 Å². The number of carbonyl (C=O) groups excluding carboxylic acids is 2. The largest absolute Gasteiger partial charge is 0.310 e. The summed E-state index contributed by atoms with van der Waals surface area (Å²) < 4.78 is 0. The van der Waals surface area contributed by atoms with E-state index in [2.05, 4.69) is 23.3 Å². The molecule has 1 N–H and O–H groups in total. The summed E-state index contributed by atoms with van der Waals surface area (Å²) in [5.41, 5.74) is 3.07. The van der Waals surface area contributed by atoms with E-state index in [0.717, 1.165) is 16.9 Å². The Kier molecular flexibility index (Phi) is 6.62. The lowest BCUT2D eigenvalue weighted by molar-refractivity contribution is -0.115. The molecule has 2 aromatic carbocycles. The number of aromatic nitrogens is 1. The van der Waals surface area contributed by atoms with Crippen LogP contribution in [0.1, 0.15) is 53.0 Å². The Balaban J connectivity index is 1.46. The van der Waals surface area contributed by atoms with Gasteiger partial charge in [0.25, 0.3) is 0 Å². The number of hydrogen-bond donors (Lipinski definition) is 1. The minimum Gasteiger partial charge on any atom is -0.310 e. The van der Waals surface area contributed by atoms with Gasteiger partial charge in [0.05, 0.1) is 29.2 Å². The number of nitriles is 1. The number of rotatable bonds is 6. The third-order valence-corrected chi connectivity index (χ3v) is 6.99. The fourth-order valence-corrected chi connectivity index (χ4v) is 4.84. The standard InChI is InChI=1S/C27H25N3O2S/c1-3-33-21-10-6-18(7-11-21)16-25(31)30-24-13-12-22-23(29-24)14-15-27(2,26(22)32)20-8-4-19(17-28)5-9-20/h4-13H,3,14-16H2,1-2H3,(H,29,30,31). The van der Waals surface area contributed by atoms with Gasteiger partial charge < -0.3 is 5.32 Å². The van der Waals surface area contributed by atoms with Gasteiger partial charge in [0.2, 0.25) is 5.91 Å². The van der Waals surface area contributed by atoms with Gasteiger partial charge in [-0.25, -0.2) is 4.98 Å². The first-order chi connectivity index (χ1) is 15.9. The summed E-state index contributed by atoms with van der Waals surface area (Å²) >= 11 is 1.77. The van der Waals surface area contributed by atoms with Crippen LogP contribution in [-0.2, 0) is 23.1 Å². The monoisotopic (exact) mass is 455 g/mol.